The summed E-state index contributed by atoms with van der Waals surface area (Å²) in [6.07, 6.45) is -0.0855. The molecule has 2 aromatic rings. The second-order valence-corrected chi connectivity index (χ2v) is 7.08. The Morgan fingerprint density at radius 2 is 1.96 bits per heavy atom. The topological polar surface area (TPSA) is 50.2 Å². The van der Waals surface area contributed by atoms with E-state index < -0.39 is 0 Å². The van der Waals surface area contributed by atoms with E-state index in [9.17, 15) is 4.79 Å². The third kappa shape index (κ3) is 2.96. The summed E-state index contributed by atoms with van der Waals surface area (Å²) in [5, 5.41) is 7.88. The van der Waals surface area contributed by atoms with Crippen LogP contribution in [-0.2, 0) is 4.79 Å². The van der Waals surface area contributed by atoms with Crippen molar-refractivity contribution in [1.82, 2.24) is 20.0 Å². The van der Waals surface area contributed by atoms with Crippen LogP contribution in [0.4, 0.5) is 0 Å². The van der Waals surface area contributed by atoms with Crippen molar-refractivity contribution in [1.29, 1.82) is 0 Å². The van der Waals surface area contributed by atoms with Crippen LogP contribution < -0.4 is 5.32 Å². The second kappa shape index (κ2) is 6.40. The molecule has 2 heterocycles. The Kier molecular flexibility index (Phi) is 4.45. The smallest absolute Gasteiger partial charge is 0.235 e. The van der Waals surface area contributed by atoms with Gasteiger partial charge in [-0.1, -0.05) is 32.0 Å². The number of amides is 1. The first kappa shape index (κ1) is 16.7. The number of hydrogen-bond donors (Lipinski definition) is 1. The van der Waals surface area contributed by atoms with E-state index in [0.717, 1.165) is 29.2 Å². The van der Waals surface area contributed by atoms with Crippen molar-refractivity contribution in [2.24, 2.45) is 5.92 Å². The average Bonchev–Trinajstić information content (AvgIpc) is 2.98. The van der Waals surface area contributed by atoms with Crippen LogP contribution in [-0.4, -0.2) is 33.7 Å². The minimum atomic E-state index is -0.0855. The van der Waals surface area contributed by atoms with Crippen molar-refractivity contribution in [2.75, 3.05) is 13.1 Å². The molecule has 1 saturated heterocycles. The van der Waals surface area contributed by atoms with Crippen molar-refractivity contribution in [3.63, 3.8) is 0 Å². The van der Waals surface area contributed by atoms with Gasteiger partial charge in [-0.05, 0) is 38.3 Å². The molecule has 0 spiro atoms. The van der Waals surface area contributed by atoms with Crippen LogP contribution in [0.2, 0.25) is 0 Å². The summed E-state index contributed by atoms with van der Waals surface area (Å²) in [4.78, 5) is 14.2. The third-order valence-corrected chi connectivity index (χ3v) is 4.57. The van der Waals surface area contributed by atoms with Gasteiger partial charge in [-0.15, -0.1) is 0 Å². The fourth-order valence-corrected chi connectivity index (χ4v) is 3.54. The quantitative estimate of drug-likeness (QED) is 0.940. The lowest BCUT2D eigenvalue weighted by atomic mass is 10.1. The van der Waals surface area contributed by atoms with Crippen LogP contribution in [0.5, 0.6) is 0 Å². The highest BCUT2D eigenvalue weighted by Crippen LogP contribution is 2.30. The summed E-state index contributed by atoms with van der Waals surface area (Å²) in [6.45, 7) is 11.9. The zero-order valence-corrected chi connectivity index (χ0v) is 15.1. The molecule has 0 saturated carbocycles. The molecule has 5 nitrogen and oxygen atoms in total. The molecule has 5 heteroatoms. The van der Waals surface area contributed by atoms with E-state index >= 15 is 0 Å². The van der Waals surface area contributed by atoms with Gasteiger partial charge in [-0.3, -0.25) is 9.69 Å². The first-order valence-corrected chi connectivity index (χ1v) is 8.54. The zero-order valence-electron chi connectivity index (χ0n) is 15.1. The van der Waals surface area contributed by atoms with Crippen molar-refractivity contribution in [3.05, 3.63) is 46.8 Å². The SMILES string of the molecule is Cc1ccccc1-n1nc(C)c(C2NC(=O)CN2CC(C)C)c1C. The molecular weight excluding hydrogens is 300 g/mol. The molecule has 24 heavy (non-hydrogen) atoms. The Hall–Kier alpha value is -2.14. The minimum Gasteiger partial charge on any atom is -0.335 e. The van der Waals surface area contributed by atoms with Crippen LogP contribution >= 0.6 is 0 Å². The summed E-state index contributed by atoms with van der Waals surface area (Å²) < 4.78 is 2.00. The molecule has 0 aliphatic carbocycles. The maximum Gasteiger partial charge on any atom is 0.235 e. The number of carbonyl (C=O) groups is 1. The Labute approximate surface area is 143 Å². The van der Waals surface area contributed by atoms with Crippen molar-refractivity contribution < 1.29 is 4.79 Å². The first-order valence-electron chi connectivity index (χ1n) is 8.54. The third-order valence-electron chi connectivity index (χ3n) is 4.57. The molecule has 1 atom stereocenters. The van der Waals surface area contributed by atoms with Gasteiger partial charge in [-0.25, -0.2) is 4.68 Å². The fourth-order valence-electron chi connectivity index (χ4n) is 3.54. The van der Waals surface area contributed by atoms with Gasteiger partial charge < -0.3 is 5.32 Å². The molecule has 1 aromatic carbocycles. The Balaban J connectivity index is 2.03. The van der Waals surface area contributed by atoms with Gasteiger partial charge in [0.05, 0.1) is 17.9 Å². The standard InChI is InChI=1S/C19H26N4O/c1-12(2)10-22-11-17(24)20-19(22)18-14(4)21-23(15(18)5)16-9-7-6-8-13(16)3/h6-9,12,19H,10-11H2,1-5H3,(H,20,24). The van der Waals surface area contributed by atoms with Gasteiger partial charge in [0.15, 0.2) is 0 Å². The van der Waals surface area contributed by atoms with E-state index in [1.54, 1.807) is 0 Å². The molecule has 128 valence electrons. The molecule has 0 radical (unpaired) electrons. The highest BCUT2D eigenvalue weighted by molar-refractivity contribution is 5.80. The largest absolute Gasteiger partial charge is 0.335 e. The van der Waals surface area contributed by atoms with Crippen LogP contribution in [0, 0.1) is 26.7 Å². The highest BCUT2D eigenvalue weighted by Gasteiger charge is 2.34. The van der Waals surface area contributed by atoms with Crippen LogP contribution in [0.3, 0.4) is 0 Å². The van der Waals surface area contributed by atoms with Gasteiger partial charge in [0, 0.05) is 17.8 Å². The molecule has 0 bridgehead atoms. The normalized spacial score (nSPS) is 18.4. The fraction of sp³-hybridized carbons (Fsp3) is 0.474. The predicted molar refractivity (Wildman–Crippen MR) is 95.1 cm³/mol. The average molecular weight is 326 g/mol. The van der Waals surface area contributed by atoms with E-state index in [1.165, 1.54) is 5.56 Å². The summed E-state index contributed by atoms with van der Waals surface area (Å²) >= 11 is 0. The number of aryl methyl sites for hydroxylation is 2. The number of aromatic nitrogens is 2. The zero-order chi connectivity index (χ0) is 17.4. The molecule has 1 N–H and O–H groups in total. The first-order chi connectivity index (χ1) is 11.4. The van der Waals surface area contributed by atoms with Gasteiger partial charge in [0.1, 0.15) is 6.17 Å². The summed E-state index contributed by atoms with van der Waals surface area (Å²) in [7, 11) is 0. The molecule has 1 aromatic heterocycles. The van der Waals surface area contributed by atoms with Crippen molar-refractivity contribution >= 4 is 5.91 Å². The van der Waals surface area contributed by atoms with Gasteiger partial charge in [0.25, 0.3) is 0 Å². The summed E-state index contributed by atoms with van der Waals surface area (Å²) in [6, 6.07) is 8.24. The Morgan fingerprint density at radius 1 is 1.25 bits per heavy atom. The van der Waals surface area contributed by atoms with Gasteiger partial charge >= 0.3 is 0 Å². The van der Waals surface area contributed by atoms with Gasteiger partial charge in [-0.2, -0.15) is 5.10 Å². The number of benzene rings is 1. The maximum absolute atomic E-state index is 12.0. The molecule has 1 fully saturated rings. The Morgan fingerprint density at radius 3 is 2.62 bits per heavy atom. The molecule has 3 rings (SSSR count). The van der Waals surface area contributed by atoms with Crippen LogP contribution in [0.1, 0.15) is 42.5 Å². The Bertz CT molecular complexity index is 763. The van der Waals surface area contributed by atoms with E-state index in [1.807, 2.05) is 23.7 Å². The van der Waals surface area contributed by atoms with Crippen molar-refractivity contribution in [3.8, 4) is 5.69 Å². The van der Waals surface area contributed by atoms with Crippen LogP contribution in [0.15, 0.2) is 24.3 Å². The number of para-hydroxylation sites is 1. The second-order valence-electron chi connectivity index (χ2n) is 7.08. The number of nitrogens with one attached hydrogen (secondary N) is 1. The summed E-state index contributed by atoms with van der Waals surface area (Å²) in [5.41, 5.74) is 5.44. The predicted octanol–water partition coefficient (Wildman–Crippen LogP) is 2.88. The van der Waals surface area contributed by atoms with Gasteiger partial charge in [0.2, 0.25) is 5.91 Å². The molecular formula is C19H26N4O. The number of nitrogens with zero attached hydrogens (tertiary/aromatic N) is 3. The van der Waals surface area contributed by atoms with E-state index in [-0.39, 0.29) is 12.1 Å². The van der Waals surface area contributed by atoms with E-state index in [0.29, 0.717) is 12.5 Å². The highest BCUT2D eigenvalue weighted by atomic mass is 16.2. The van der Waals surface area contributed by atoms with E-state index in [2.05, 4.69) is 50.0 Å². The van der Waals surface area contributed by atoms with Crippen LogP contribution in [0.25, 0.3) is 5.69 Å². The lowest BCUT2D eigenvalue weighted by Gasteiger charge is -2.25. The number of rotatable bonds is 4. The molecule has 1 aliphatic heterocycles. The molecule has 1 amide bonds. The minimum absolute atomic E-state index is 0.0855. The lowest BCUT2D eigenvalue weighted by molar-refractivity contribution is -0.118. The number of hydrogen-bond acceptors (Lipinski definition) is 3. The molecule has 1 aliphatic rings. The summed E-state index contributed by atoms with van der Waals surface area (Å²) in [5.74, 6) is 0.593. The number of carbonyl (C=O) groups excluding carboxylic acids is 1. The molecule has 1 unspecified atom stereocenters. The van der Waals surface area contributed by atoms with E-state index in [4.69, 9.17) is 5.10 Å². The lowest BCUT2D eigenvalue weighted by Crippen LogP contribution is -2.31. The monoisotopic (exact) mass is 326 g/mol. The maximum atomic E-state index is 12.0. The van der Waals surface area contributed by atoms with Crippen molar-refractivity contribution in [2.45, 2.75) is 40.8 Å².